The molecule has 0 aromatic heterocycles. The highest BCUT2D eigenvalue weighted by Gasteiger charge is 2.25. The van der Waals surface area contributed by atoms with Crippen molar-refractivity contribution in [1.29, 1.82) is 0 Å². The molecule has 0 saturated heterocycles. The standard InChI is InChI=1S/C14H19BrFNO3S/c1-4-17(10(3)9-21(19,20)5-2)14(18)12-7-6-11(16)8-13(12)15/h6-8,10H,4-5,9H2,1-3H3/t10-/m0/s1. The third kappa shape index (κ3) is 4.78. The fourth-order valence-electron chi connectivity index (χ4n) is 2.05. The summed E-state index contributed by atoms with van der Waals surface area (Å²) >= 11 is 3.16. The van der Waals surface area contributed by atoms with Crippen LogP contribution in [-0.2, 0) is 9.84 Å². The van der Waals surface area contributed by atoms with E-state index in [1.165, 1.54) is 23.1 Å². The first-order valence-electron chi connectivity index (χ1n) is 6.68. The molecule has 7 heteroatoms. The van der Waals surface area contributed by atoms with Crippen LogP contribution < -0.4 is 0 Å². The Morgan fingerprint density at radius 1 is 1.38 bits per heavy atom. The number of hydrogen-bond donors (Lipinski definition) is 0. The third-order valence-corrected chi connectivity index (χ3v) is 5.76. The first-order valence-corrected chi connectivity index (χ1v) is 9.29. The molecule has 0 radical (unpaired) electrons. The Morgan fingerprint density at radius 3 is 2.48 bits per heavy atom. The smallest absolute Gasteiger partial charge is 0.255 e. The molecule has 0 spiro atoms. The van der Waals surface area contributed by atoms with E-state index in [-0.39, 0.29) is 17.4 Å². The number of halogens is 2. The Balaban J connectivity index is 3.01. The third-order valence-electron chi connectivity index (χ3n) is 3.23. The van der Waals surface area contributed by atoms with E-state index in [9.17, 15) is 17.6 Å². The fourth-order valence-corrected chi connectivity index (χ4v) is 3.72. The van der Waals surface area contributed by atoms with Crippen LogP contribution in [0.2, 0.25) is 0 Å². The van der Waals surface area contributed by atoms with E-state index in [0.717, 1.165) is 0 Å². The van der Waals surface area contributed by atoms with Gasteiger partial charge in [0.15, 0.2) is 9.84 Å². The molecule has 0 heterocycles. The zero-order valence-electron chi connectivity index (χ0n) is 12.3. The Bertz CT molecular complexity index is 619. The second-order valence-corrected chi connectivity index (χ2v) is 8.02. The van der Waals surface area contributed by atoms with Gasteiger partial charge in [-0.1, -0.05) is 6.92 Å². The van der Waals surface area contributed by atoms with Crippen molar-refractivity contribution in [2.45, 2.75) is 26.8 Å². The highest BCUT2D eigenvalue weighted by molar-refractivity contribution is 9.10. The van der Waals surface area contributed by atoms with Crippen LogP contribution in [0.15, 0.2) is 22.7 Å². The maximum absolute atomic E-state index is 13.1. The van der Waals surface area contributed by atoms with E-state index >= 15 is 0 Å². The number of carbonyl (C=O) groups excluding carboxylic acids is 1. The number of benzene rings is 1. The molecule has 0 fully saturated rings. The van der Waals surface area contributed by atoms with Crippen molar-refractivity contribution in [2.75, 3.05) is 18.1 Å². The number of hydrogen-bond acceptors (Lipinski definition) is 3. The quantitative estimate of drug-likeness (QED) is 0.763. The maximum atomic E-state index is 13.1. The van der Waals surface area contributed by atoms with Crippen molar-refractivity contribution in [3.05, 3.63) is 34.1 Å². The molecule has 0 aliphatic rings. The van der Waals surface area contributed by atoms with Gasteiger partial charge in [-0.2, -0.15) is 0 Å². The summed E-state index contributed by atoms with van der Waals surface area (Å²) in [7, 11) is -3.17. The molecular formula is C14H19BrFNO3S. The van der Waals surface area contributed by atoms with Crippen molar-refractivity contribution in [3.63, 3.8) is 0 Å². The summed E-state index contributed by atoms with van der Waals surface area (Å²) in [6, 6.07) is 3.38. The van der Waals surface area contributed by atoms with Crippen molar-refractivity contribution in [2.24, 2.45) is 0 Å². The SMILES string of the molecule is CCN(C(=O)c1ccc(F)cc1Br)[C@@H](C)CS(=O)(=O)CC. The molecule has 1 aromatic carbocycles. The van der Waals surface area contributed by atoms with Crippen molar-refractivity contribution >= 4 is 31.7 Å². The summed E-state index contributed by atoms with van der Waals surface area (Å²) in [5.74, 6) is -0.795. The zero-order valence-corrected chi connectivity index (χ0v) is 14.7. The molecule has 0 saturated carbocycles. The van der Waals surface area contributed by atoms with Crippen molar-refractivity contribution in [3.8, 4) is 0 Å². The van der Waals surface area contributed by atoms with Crippen LogP contribution in [0.5, 0.6) is 0 Å². The summed E-state index contributed by atoms with van der Waals surface area (Å²) < 4.78 is 36.9. The molecule has 1 aromatic rings. The van der Waals surface area contributed by atoms with Crippen LogP contribution in [0.1, 0.15) is 31.1 Å². The van der Waals surface area contributed by atoms with Gasteiger partial charge >= 0.3 is 0 Å². The summed E-state index contributed by atoms with van der Waals surface area (Å²) in [4.78, 5) is 14.0. The van der Waals surface area contributed by atoms with Crippen LogP contribution in [0.4, 0.5) is 4.39 Å². The van der Waals surface area contributed by atoms with Crippen molar-refractivity contribution in [1.82, 2.24) is 4.90 Å². The van der Waals surface area contributed by atoms with Crippen LogP contribution >= 0.6 is 15.9 Å². The van der Waals surface area contributed by atoms with Gasteiger partial charge in [0.25, 0.3) is 5.91 Å². The number of rotatable bonds is 6. The molecule has 0 N–H and O–H groups in total. The Labute approximate surface area is 133 Å². The molecule has 0 aliphatic carbocycles. The topological polar surface area (TPSA) is 54.5 Å². The van der Waals surface area contributed by atoms with Gasteiger partial charge in [0, 0.05) is 22.8 Å². The lowest BCUT2D eigenvalue weighted by molar-refractivity contribution is 0.0718. The molecule has 1 amide bonds. The summed E-state index contributed by atoms with van der Waals surface area (Å²) in [5, 5.41) is 0. The highest BCUT2D eigenvalue weighted by Crippen LogP contribution is 2.21. The number of sulfone groups is 1. The van der Waals surface area contributed by atoms with Gasteiger partial charge < -0.3 is 4.90 Å². The Hall–Kier alpha value is -0.950. The molecule has 1 rings (SSSR count). The van der Waals surface area contributed by atoms with Gasteiger partial charge in [-0.3, -0.25) is 4.79 Å². The molecule has 0 unspecified atom stereocenters. The predicted octanol–water partition coefficient (Wildman–Crippen LogP) is 2.87. The second-order valence-electron chi connectivity index (χ2n) is 4.76. The average Bonchev–Trinajstić information content (AvgIpc) is 2.38. The maximum Gasteiger partial charge on any atom is 0.255 e. The normalized spacial score (nSPS) is 13.0. The Morgan fingerprint density at radius 2 is 2.00 bits per heavy atom. The molecular weight excluding hydrogens is 361 g/mol. The van der Waals surface area contributed by atoms with E-state index < -0.39 is 21.7 Å². The molecule has 1 atom stereocenters. The molecule has 21 heavy (non-hydrogen) atoms. The first kappa shape index (κ1) is 18.1. The molecule has 0 aliphatic heterocycles. The molecule has 0 bridgehead atoms. The lowest BCUT2D eigenvalue weighted by atomic mass is 10.1. The Kier molecular flexibility index (Phi) is 6.34. The van der Waals surface area contributed by atoms with E-state index in [2.05, 4.69) is 15.9 Å². The minimum Gasteiger partial charge on any atom is -0.335 e. The predicted molar refractivity (Wildman–Crippen MR) is 84.6 cm³/mol. The molecule has 118 valence electrons. The fraction of sp³-hybridized carbons (Fsp3) is 0.500. The summed E-state index contributed by atoms with van der Waals surface area (Å²) in [6.45, 7) is 5.44. The van der Waals surface area contributed by atoms with Crippen LogP contribution in [-0.4, -0.2) is 43.3 Å². The minimum absolute atomic E-state index is 0.0450. The van der Waals surface area contributed by atoms with Gasteiger partial charge in [-0.15, -0.1) is 0 Å². The zero-order chi connectivity index (χ0) is 16.2. The van der Waals surface area contributed by atoms with Gasteiger partial charge in [-0.05, 0) is 48.0 Å². The number of nitrogens with zero attached hydrogens (tertiary/aromatic N) is 1. The van der Waals surface area contributed by atoms with E-state index in [1.54, 1.807) is 20.8 Å². The summed E-state index contributed by atoms with van der Waals surface area (Å²) in [5.41, 5.74) is 0.319. The van der Waals surface area contributed by atoms with Crippen LogP contribution in [0.25, 0.3) is 0 Å². The van der Waals surface area contributed by atoms with Gasteiger partial charge in [0.1, 0.15) is 5.82 Å². The lowest BCUT2D eigenvalue weighted by Gasteiger charge is -2.28. The second kappa shape index (κ2) is 7.35. The van der Waals surface area contributed by atoms with Gasteiger partial charge in [0.05, 0.1) is 11.3 Å². The number of amides is 1. The summed E-state index contributed by atoms with van der Waals surface area (Å²) in [6.07, 6.45) is 0. The lowest BCUT2D eigenvalue weighted by Crippen LogP contribution is -2.42. The van der Waals surface area contributed by atoms with Crippen LogP contribution in [0, 0.1) is 5.82 Å². The van der Waals surface area contributed by atoms with Gasteiger partial charge in [0.2, 0.25) is 0 Å². The van der Waals surface area contributed by atoms with E-state index in [0.29, 0.717) is 16.6 Å². The van der Waals surface area contributed by atoms with Crippen LogP contribution in [0.3, 0.4) is 0 Å². The largest absolute Gasteiger partial charge is 0.335 e. The van der Waals surface area contributed by atoms with Gasteiger partial charge in [-0.25, -0.2) is 12.8 Å². The van der Waals surface area contributed by atoms with Crippen molar-refractivity contribution < 1.29 is 17.6 Å². The minimum atomic E-state index is -3.17. The molecule has 4 nitrogen and oxygen atoms in total. The van der Waals surface area contributed by atoms with E-state index in [1.807, 2.05) is 0 Å². The average molecular weight is 380 g/mol. The first-order chi connectivity index (χ1) is 9.71. The highest BCUT2D eigenvalue weighted by atomic mass is 79.9. The number of carbonyl (C=O) groups is 1. The monoisotopic (exact) mass is 379 g/mol. The van der Waals surface area contributed by atoms with E-state index in [4.69, 9.17) is 0 Å².